The van der Waals surface area contributed by atoms with Gasteiger partial charge in [0.1, 0.15) is 0 Å². The summed E-state index contributed by atoms with van der Waals surface area (Å²) in [6.45, 7) is 4.33. The highest BCUT2D eigenvalue weighted by Crippen LogP contribution is 2.18. The van der Waals surface area contributed by atoms with E-state index in [4.69, 9.17) is 0 Å². The smallest absolute Gasteiger partial charge is 0.255 e. The average Bonchev–Trinajstić information content (AvgIpc) is 3.16. The van der Waals surface area contributed by atoms with E-state index in [1.807, 2.05) is 36.6 Å². The lowest BCUT2D eigenvalue weighted by Crippen LogP contribution is -2.23. The highest BCUT2D eigenvalue weighted by atomic mass is 32.1. The Bertz CT molecular complexity index is 951. The quantitative estimate of drug-likeness (QED) is 0.674. The molecule has 0 aliphatic rings. The van der Waals surface area contributed by atoms with Gasteiger partial charge in [0.05, 0.1) is 17.2 Å². The van der Waals surface area contributed by atoms with Gasteiger partial charge in [-0.1, -0.05) is 31.2 Å². The summed E-state index contributed by atoms with van der Waals surface area (Å²) in [6, 6.07) is 14.3. The fourth-order valence-electron chi connectivity index (χ4n) is 2.55. The molecule has 0 spiro atoms. The van der Waals surface area contributed by atoms with Crippen LogP contribution in [0.3, 0.4) is 0 Å². The summed E-state index contributed by atoms with van der Waals surface area (Å²) in [5.41, 5.74) is 3.44. The van der Waals surface area contributed by atoms with Crippen LogP contribution < -0.4 is 10.6 Å². The molecule has 0 atom stereocenters. The number of benzene rings is 2. The summed E-state index contributed by atoms with van der Waals surface area (Å²) in [5.74, 6) is -0.401. The van der Waals surface area contributed by atoms with Crippen LogP contribution in [0, 0.1) is 6.92 Å². The normalized spacial score (nSPS) is 10.4. The summed E-state index contributed by atoms with van der Waals surface area (Å²) in [6.07, 6.45) is 0.890. The zero-order valence-electron chi connectivity index (χ0n) is 15.3. The van der Waals surface area contributed by atoms with Crippen LogP contribution in [-0.4, -0.2) is 16.8 Å². The van der Waals surface area contributed by atoms with E-state index in [0.717, 1.165) is 22.7 Å². The first-order chi connectivity index (χ1) is 13.1. The minimum Gasteiger partial charge on any atom is -0.346 e. The Balaban J connectivity index is 1.68. The van der Waals surface area contributed by atoms with E-state index in [0.29, 0.717) is 23.4 Å². The van der Waals surface area contributed by atoms with Gasteiger partial charge >= 0.3 is 0 Å². The van der Waals surface area contributed by atoms with Crippen LogP contribution in [0.4, 0.5) is 5.69 Å². The van der Waals surface area contributed by atoms with Gasteiger partial charge in [0.15, 0.2) is 0 Å². The number of aromatic nitrogens is 1. The first-order valence-electron chi connectivity index (χ1n) is 8.75. The average molecular weight is 379 g/mol. The molecule has 0 bridgehead atoms. The number of amides is 2. The Morgan fingerprint density at radius 3 is 2.52 bits per heavy atom. The maximum absolute atomic E-state index is 12.5. The van der Waals surface area contributed by atoms with E-state index in [1.165, 1.54) is 0 Å². The summed E-state index contributed by atoms with van der Waals surface area (Å²) in [4.78, 5) is 29.3. The second kappa shape index (κ2) is 8.60. The van der Waals surface area contributed by atoms with Gasteiger partial charge in [0, 0.05) is 22.2 Å². The van der Waals surface area contributed by atoms with Gasteiger partial charge in [-0.3, -0.25) is 9.59 Å². The van der Waals surface area contributed by atoms with E-state index in [2.05, 4.69) is 22.5 Å². The number of aryl methyl sites for hydroxylation is 2. The van der Waals surface area contributed by atoms with Crippen molar-refractivity contribution in [3.63, 3.8) is 0 Å². The number of nitrogens with one attached hydrogen (secondary N) is 2. The van der Waals surface area contributed by atoms with E-state index in [9.17, 15) is 9.59 Å². The number of carbonyl (C=O) groups excluding carboxylic acids is 2. The summed E-state index contributed by atoms with van der Waals surface area (Å²) >= 11 is 1.60. The summed E-state index contributed by atoms with van der Waals surface area (Å²) in [7, 11) is 0. The van der Waals surface area contributed by atoms with Gasteiger partial charge in [-0.15, -0.1) is 11.3 Å². The number of nitrogens with zero attached hydrogens (tertiary/aromatic N) is 1. The molecule has 0 aliphatic heterocycles. The number of anilines is 1. The van der Waals surface area contributed by atoms with Crippen LogP contribution in [0.2, 0.25) is 0 Å². The van der Waals surface area contributed by atoms with Crippen LogP contribution in [0.5, 0.6) is 0 Å². The van der Waals surface area contributed by atoms with Gasteiger partial charge in [0.25, 0.3) is 11.8 Å². The standard InChI is InChI=1S/C21H21N3O2S/c1-3-19-23-17(13-27-19)12-22-20(25)16-10-9-14(2)18(11-16)24-21(26)15-7-5-4-6-8-15/h4-11,13H,3,12H2,1-2H3,(H,22,25)(H,24,26). The zero-order valence-corrected chi connectivity index (χ0v) is 16.1. The first kappa shape index (κ1) is 18.8. The molecule has 0 aliphatic carbocycles. The zero-order chi connectivity index (χ0) is 19.2. The lowest BCUT2D eigenvalue weighted by atomic mass is 10.1. The van der Waals surface area contributed by atoms with Crippen molar-refractivity contribution in [2.45, 2.75) is 26.8 Å². The van der Waals surface area contributed by atoms with Crippen molar-refractivity contribution in [3.8, 4) is 0 Å². The highest BCUT2D eigenvalue weighted by molar-refractivity contribution is 7.09. The van der Waals surface area contributed by atoms with Crippen molar-refractivity contribution >= 4 is 28.8 Å². The van der Waals surface area contributed by atoms with E-state index >= 15 is 0 Å². The molecule has 2 aromatic carbocycles. The van der Waals surface area contributed by atoms with Crippen molar-refractivity contribution < 1.29 is 9.59 Å². The Kier molecular flexibility index (Phi) is 5.98. The van der Waals surface area contributed by atoms with Crippen LogP contribution >= 0.6 is 11.3 Å². The maximum Gasteiger partial charge on any atom is 0.255 e. The third kappa shape index (κ3) is 4.80. The molecule has 138 valence electrons. The van der Waals surface area contributed by atoms with E-state index in [1.54, 1.807) is 35.6 Å². The fraction of sp³-hybridized carbons (Fsp3) is 0.190. The van der Waals surface area contributed by atoms with Crippen molar-refractivity contribution in [2.24, 2.45) is 0 Å². The van der Waals surface area contributed by atoms with Crippen LogP contribution in [0.25, 0.3) is 0 Å². The van der Waals surface area contributed by atoms with Crippen molar-refractivity contribution in [3.05, 3.63) is 81.3 Å². The van der Waals surface area contributed by atoms with Crippen LogP contribution in [0.1, 0.15) is 43.9 Å². The number of hydrogen-bond donors (Lipinski definition) is 2. The monoisotopic (exact) mass is 379 g/mol. The Hall–Kier alpha value is -2.99. The predicted molar refractivity (Wildman–Crippen MR) is 108 cm³/mol. The highest BCUT2D eigenvalue weighted by Gasteiger charge is 2.12. The maximum atomic E-state index is 12.5. The molecule has 2 amide bonds. The van der Waals surface area contributed by atoms with Crippen LogP contribution in [0.15, 0.2) is 53.9 Å². The van der Waals surface area contributed by atoms with Gasteiger partial charge in [0.2, 0.25) is 0 Å². The molecule has 0 saturated heterocycles. The number of hydrogen-bond acceptors (Lipinski definition) is 4. The lowest BCUT2D eigenvalue weighted by molar-refractivity contribution is 0.0949. The number of carbonyl (C=O) groups is 2. The molecular formula is C21H21N3O2S. The third-order valence-corrected chi connectivity index (χ3v) is 5.16. The Morgan fingerprint density at radius 2 is 1.81 bits per heavy atom. The predicted octanol–water partition coefficient (Wildman–Crippen LogP) is 4.20. The molecule has 27 heavy (non-hydrogen) atoms. The van der Waals surface area contributed by atoms with Gasteiger partial charge in [-0.05, 0) is 43.2 Å². The van der Waals surface area contributed by atoms with Gasteiger partial charge < -0.3 is 10.6 Å². The molecule has 3 rings (SSSR count). The first-order valence-corrected chi connectivity index (χ1v) is 9.63. The van der Waals surface area contributed by atoms with Crippen molar-refractivity contribution in [1.29, 1.82) is 0 Å². The SMILES string of the molecule is CCc1nc(CNC(=O)c2ccc(C)c(NC(=O)c3ccccc3)c2)cs1. The molecule has 5 nitrogen and oxygen atoms in total. The minimum absolute atomic E-state index is 0.198. The lowest BCUT2D eigenvalue weighted by Gasteiger charge is -2.11. The largest absolute Gasteiger partial charge is 0.346 e. The second-order valence-electron chi connectivity index (χ2n) is 6.12. The molecule has 3 aromatic rings. The molecule has 0 radical (unpaired) electrons. The summed E-state index contributed by atoms with van der Waals surface area (Å²) in [5, 5.41) is 8.77. The molecule has 2 N–H and O–H groups in total. The number of rotatable bonds is 6. The van der Waals surface area contributed by atoms with E-state index in [-0.39, 0.29) is 11.8 Å². The Morgan fingerprint density at radius 1 is 1.04 bits per heavy atom. The third-order valence-electron chi connectivity index (χ3n) is 4.12. The number of thiazole rings is 1. The molecule has 0 fully saturated rings. The van der Waals surface area contributed by atoms with Gasteiger partial charge in [-0.2, -0.15) is 0 Å². The van der Waals surface area contributed by atoms with Gasteiger partial charge in [-0.25, -0.2) is 4.98 Å². The fourth-order valence-corrected chi connectivity index (χ4v) is 3.29. The Labute approximate surface area is 162 Å². The van der Waals surface area contributed by atoms with Crippen molar-refractivity contribution in [2.75, 3.05) is 5.32 Å². The van der Waals surface area contributed by atoms with Crippen molar-refractivity contribution in [1.82, 2.24) is 10.3 Å². The molecule has 0 unspecified atom stereocenters. The second-order valence-corrected chi connectivity index (χ2v) is 7.06. The molecule has 0 saturated carbocycles. The topological polar surface area (TPSA) is 71.1 Å². The molecule has 1 aromatic heterocycles. The summed E-state index contributed by atoms with van der Waals surface area (Å²) < 4.78 is 0. The molecule has 6 heteroatoms. The van der Waals surface area contributed by atoms with E-state index < -0.39 is 0 Å². The molecular weight excluding hydrogens is 358 g/mol. The molecule has 1 heterocycles. The van der Waals surface area contributed by atoms with Crippen LogP contribution in [-0.2, 0) is 13.0 Å². The minimum atomic E-state index is -0.203.